The predicted octanol–water partition coefficient (Wildman–Crippen LogP) is 2.37. The molecular weight excluding hydrogens is 176 g/mol. The summed E-state index contributed by atoms with van der Waals surface area (Å²) in [5, 5.41) is 0. The van der Waals surface area contributed by atoms with Gasteiger partial charge in [0, 0.05) is 6.42 Å². The highest BCUT2D eigenvalue weighted by molar-refractivity contribution is 5.97. The van der Waals surface area contributed by atoms with E-state index in [-0.39, 0.29) is 5.78 Å². The maximum Gasteiger partial charge on any atom is 0.158 e. The van der Waals surface area contributed by atoms with Crippen LogP contribution in [0, 0.1) is 0 Å². The molecule has 0 spiro atoms. The van der Waals surface area contributed by atoms with Crippen LogP contribution in [0.2, 0.25) is 0 Å². The molecule has 0 aromatic heterocycles. The Hall–Kier alpha value is -1.44. The lowest BCUT2D eigenvalue weighted by Crippen LogP contribution is -1.89. The molecule has 1 rings (SSSR count). The summed E-state index contributed by atoms with van der Waals surface area (Å²) in [6.07, 6.45) is 10.3. The summed E-state index contributed by atoms with van der Waals surface area (Å²) in [5.74, 6) is 0.256. The van der Waals surface area contributed by atoms with Crippen molar-refractivity contribution >= 4 is 12.1 Å². The number of aldehydes is 1. The van der Waals surface area contributed by atoms with Gasteiger partial charge in [-0.1, -0.05) is 18.2 Å². The van der Waals surface area contributed by atoms with Crippen molar-refractivity contribution in [2.45, 2.75) is 26.2 Å². The van der Waals surface area contributed by atoms with E-state index in [1.807, 2.05) is 25.2 Å². The van der Waals surface area contributed by atoms with Crippen molar-refractivity contribution in [2.24, 2.45) is 0 Å². The van der Waals surface area contributed by atoms with Crippen LogP contribution in [0.25, 0.3) is 0 Å². The summed E-state index contributed by atoms with van der Waals surface area (Å²) in [5.41, 5.74) is 1.79. The lowest BCUT2D eigenvalue weighted by Gasteiger charge is -1.89. The number of hydrogen-bond acceptors (Lipinski definition) is 2. The van der Waals surface area contributed by atoms with Gasteiger partial charge in [-0.25, -0.2) is 0 Å². The van der Waals surface area contributed by atoms with Gasteiger partial charge in [-0.05, 0) is 37.0 Å². The van der Waals surface area contributed by atoms with Gasteiger partial charge in [-0.2, -0.15) is 0 Å². The molecule has 0 N–H and O–H groups in total. The standard InChI is InChI=1S/C12H14O2/c1-10(8-9-13)4-2-5-11-6-3-7-12(11)14/h2,4-5,8-9H,3,6-7H2,1H3/b4-2+,10-8+,11-5+. The number of ketones is 1. The van der Waals surface area contributed by atoms with Crippen LogP contribution >= 0.6 is 0 Å². The van der Waals surface area contributed by atoms with E-state index >= 15 is 0 Å². The maximum absolute atomic E-state index is 11.2. The first-order chi connectivity index (χ1) is 6.74. The minimum atomic E-state index is 0.256. The molecular formula is C12H14O2. The maximum atomic E-state index is 11.2. The third-order valence-corrected chi connectivity index (χ3v) is 2.20. The summed E-state index contributed by atoms with van der Waals surface area (Å²) in [6.45, 7) is 1.85. The van der Waals surface area contributed by atoms with Crippen molar-refractivity contribution in [1.82, 2.24) is 0 Å². The summed E-state index contributed by atoms with van der Waals surface area (Å²) >= 11 is 0. The number of carbonyl (C=O) groups excluding carboxylic acids is 2. The highest BCUT2D eigenvalue weighted by Crippen LogP contribution is 2.20. The fourth-order valence-corrected chi connectivity index (χ4v) is 1.39. The Labute approximate surface area is 84.0 Å². The first-order valence-electron chi connectivity index (χ1n) is 4.76. The second-order valence-electron chi connectivity index (χ2n) is 3.37. The van der Waals surface area contributed by atoms with Crippen LogP contribution in [0.15, 0.2) is 35.5 Å². The van der Waals surface area contributed by atoms with Gasteiger partial charge >= 0.3 is 0 Å². The van der Waals surface area contributed by atoms with Crippen LogP contribution in [-0.2, 0) is 9.59 Å². The van der Waals surface area contributed by atoms with Crippen LogP contribution in [-0.4, -0.2) is 12.1 Å². The highest BCUT2D eigenvalue weighted by atomic mass is 16.1. The number of rotatable bonds is 3. The van der Waals surface area contributed by atoms with Gasteiger partial charge in [-0.3, -0.25) is 9.59 Å². The Balaban J connectivity index is 2.57. The van der Waals surface area contributed by atoms with E-state index in [1.54, 1.807) is 0 Å². The Bertz CT molecular complexity index is 319. The van der Waals surface area contributed by atoms with E-state index in [2.05, 4.69) is 0 Å². The van der Waals surface area contributed by atoms with Gasteiger partial charge in [-0.15, -0.1) is 0 Å². The molecule has 0 unspecified atom stereocenters. The second-order valence-corrected chi connectivity index (χ2v) is 3.37. The minimum Gasteiger partial charge on any atom is -0.299 e. The smallest absolute Gasteiger partial charge is 0.158 e. The molecule has 2 nitrogen and oxygen atoms in total. The average Bonchev–Trinajstić information content (AvgIpc) is 2.52. The Morgan fingerprint density at radius 2 is 2.14 bits per heavy atom. The first-order valence-corrected chi connectivity index (χ1v) is 4.76. The van der Waals surface area contributed by atoms with Crippen molar-refractivity contribution in [3.8, 4) is 0 Å². The van der Waals surface area contributed by atoms with Crippen LogP contribution in [0.1, 0.15) is 26.2 Å². The highest BCUT2D eigenvalue weighted by Gasteiger charge is 2.15. The number of carbonyl (C=O) groups is 2. The van der Waals surface area contributed by atoms with E-state index in [1.165, 1.54) is 6.08 Å². The van der Waals surface area contributed by atoms with Crippen molar-refractivity contribution in [1.29, 1.82) is 0 Å². The number of Topliss-reactive ketones (excluding diaryl/α,β-unsaturated/α-hetero) is 1. The summed E-state index contributed by atoms with van der Waals surface area (Å²) in [6, 6.07) is 0. The van der Waals surface area contributed by atoms with Crippen molar-refractivity contribution in [3.05, 3.63) is 35.5 Å². The van der Waals surface area contributed by atoms with Gasteiger partial charge in [0.1, 0.15) is 6.29 Å². The molecule has 1 fully saturated rings. The van der Waals surface area contributed by atoms with E-state index in [0.29, 0.717) is 6.42 Å². The molecule has 0 atom stereocenters. The van der Waals surface area contributed by atoms with Gasteiger partial charge < -0.3 is 0 Å². The van der Waals surface area contributed by atoms with E-state index < -0.39 is 0 Å². The van der Waals surface area contributed by atoms with Crippen LogP contribution in [0.5, 0.6) is 0 Å². The summed E-state index contributed by atoms with van der Waals surface area (Å²) in [7, 11) is 0. The molecule has 0 amide bonds. The Morgan fingerprint density at radius 1 is 1.36 bits per heavy atom. The van der Waals surface area contributed by atoms with Crippen molar-refractivity contribution < 1.29 is 9.59 Å². The van der Waals surface area contributed by atoms with Crippen LogP contribution in [0.4, 0.5) is 0 Å². The van der Waals surface area contributed by atoms with E-state index in [9.17, 15) is 9.59 Å². The number of allylic oxidation sites excluding steroid dienone is 6. The molecule has 0 aliphatic heterocycles. The zero-order valence-electron chi connectivity index (χ0n) is 8.32. The molecule has 0 heterocycles. The first kappa shape index (κ1) is 10.6. The molecule has 0 aromatic rings. The summed E-state index contributed by atoms with van der Waals surface area (Å²) < 4.78 is 0. The molecule has 1 saturated carbocycles. The van der Waals surface area contributed by atoms with Crippen molar-refractivity contribution in [2.75, 3.05) is 0 Å². The van der Waals surface area contributed by atoms with Gasteiger partial charge in [0.25, 0.3) is 0 Å². The molecule has 1 aliphatic carbocycles. The molecule has 0 aromatic carbocycles. The average molecular weight is 190 g/mol. The SMILES string of the molecule is CC(/C=C/C=C1\CCCC1=O)=C\C=O. The normalized spacial score (nSPS) is 21.1. The van der Waals surface area contributed by atoms with Crippen LogP contribution < -0.4 is 0 Å². The molecule has 1 aliphatic rings. The molecule has 0 saturated heterocycles. The van der Waals surface area contributed by atoms with E-state index in [4.69, 9.17) is 0 Å². The minimum absolute atomic E-state index is 0.256. The molecule has 0 bridgehead atoms. The predicted molar refractivity (Wildman–Crippen MR) is 55.9 cm³/mol. The topological polar surface area (TPSA) is 34.1 Å². The fraction of sp³-hybridized carbons (Fsp3) is 0.333. The quantitative estimate of drug-likeness (QED) is 0.389. The molecule has 14 heavy (non-hydrogen) atoms. The lowest BCUT2D eigenvalue weighted by atomic mass is 10.2. The third kappa shape index (κ3) is 3.13. The van der Waals surface area contributed by atoms with Crippen molar-refractivity contribution in [3.63, 3.8) is 0 Å². The largest absolute Gasteiger partial charge is 0.299 e. The Morgan fingerprint density at radius 3 is 2.71 bits per heavy atom. The van der Waals surface area contributed by atoms with Crippen LogP contribution in [0.3, 0.4) is 0 Å². The molecule has 0 radical (unpaired) electrons. The monoisotopic (exact) mass is 190 g/mol. The lowest BCUT2D eigenvalue weighted by molar-refractivity contribution is -0.114. The zero-order valence-corrected chi connectivity index (χ0v) is 8.32. The number of hydrogen-bond donors (Lipinski definition) is 0. The van der Waals surface area contributed by atoms with Gasteiger partial charge in [0.05, 0.1) is 0 Å². The Kier molecular flexibility index (Phi) is 4.05. The second kappa shape index (κ2) is 5.32. The van der Waals surface area contributed by atoms with E-state index in [0.717, 1.165) is 30.3 Å². The zero-order chi connectivity index (χ0) is 10.4. The third-order valence-electron chi connectivity index (χ3n) is 2.20. The van der Waals surface area contributed by atoms with Gasteiger partial charge in [0.15, 0.2) is 5.78 Å². The molecule has 2 heteroatoms. The fourth-order valence-electron chi connectivity index (χ4n) is 1.39. The molecule has 74 valence electrons. The van der Waals surface area contributed by atoms with Gasteiger partial charge in [0.2, 0.25) is 0 Å². The summed E-state index contributed by atoms with van der Waals surface area (Å²) in [4.78, 5) is 21.3.